The zero-order valence-corrected chi connectivity index (χ0v) is 14.1. The Morgan fingerprint density at radius 2 is 1.96 bits per heavy atom. The summed E-state index contributed by atoms with van der Waals surface area (Å²) in [6, 6.07) is 2.23. The van der Waals surface area contributed by atoms with Gasteiger partial charge < -0.3 is 10.2 Å². The van der Waals surface area contributed by atoms with E-state index in [1.165, 1.54) is 6.42 Å². The molecular weight excluding hydrogens is 290 g/mol. The summed E-state index contributed by atoms with van der Waals surface area (Å²) in [7, 11) is 0. The van der Waals surface area contributed by atoms with Gasteiger partial charge in [0.2, 0.25) is 5.91 Å². The molecule has 2 rings (SSSR count). The number of likely N-dealkylation sites (tertiary alicyclic amines) is 1. The Balaban J connectivity index is 1.97. The SMILES string of the molecule is CCc1nnc(NCCC(=O)N2CCCCC2)c(C#N)c1CC. The molecule has 0 bridgehead atoms. The molecular formula is C17H25N5O. The molecule has 1 saturated heterocycles. The van der Waals surface area contributed by atoms with Gasteiger partial charge in [-0.25, -0.2) is 0 Å². The molecule has 0 radical (unpaired) electrons. The number of amides is 1. The largest absolute Gasteiger partial charge is 0.367 e. The van der Waals surface area contributed by atoms with Gasteiger partial charge in [-0.2, -0.15) is 10.4 Å². The van der Waals surface area contributed by atoms with Gasteiger partial charge in [0, 0.05) is 26.1 Å². The van der Waals surface area contributed by atoms with Crippen molar-refractivity contribution in [3.8, 4) is 6.07 Å². The number of nitriles is 1. The molecule has 0 atom stereocenters. The molecule has 1 aliphatic rings. The highest BCUT2D eigenvalue weighted by Crippen LogP contribution is 2.20. The first kappa shape index (κ1) is 17.2. The van der Waals surface area contributed by atoms with Crippen molar-refractivity contribution in [2.24, 2.45) is 0 Å². The molecule has 1 amide bonds. The molecule has 0 spiro atoms. The molecule has 1 N–H and O–H groups in total. The summed E-state index contributed by atoms with van der Waals surface area (Å²) < 4.78 is 0. The van der Waals surface area contributed by atoms with Crippen LogP contribution in [0, 0.1) is 11.3 Å². The predicted molar refractivity (Wildman–Crippen MR) is 89.0 cm³/mol. The Hall–Kier alpha value is -2.16. The van der Waals surface area contributed by atoms with Crippen LogP contribution in [0.15, 0.2) is 0 Å². The second-order valence-corrected chi connectivity index (χ2v) is 5.79. The van der Waals surface area contributed by atoms with Crippen molar-refractivity contribution in [3.05, 3.63) is 16.8 Å². The molecule has 1 aromatic heterocycles. The lowest BCUT2D eigenvalue weighted by atomic mass is 10.0. The summed E-state index contributed by atoms with van der Waals surface area (Å²) in [5, 5.41) is 20.9. The fraction of sp³-hybridized carbons (Fsp3) is 0.647. The molecule has 0 unspecified atom stereocenters. The topological polar surface area (TPSA) is 81.9 Å². The minimum Gasteiger partial charge on any atom is -0.367 e. The van der Waals surface area contributed by atoms with E-state index in [4.69, 9.17) is 0 Å². The highest BCUT2D eigenvalue weighted by atomic mass is 16.2. The van der Waals surface area contributed by atoms with Crippen LogP contribution < -0.4 is 5.32 Å². The number of rotatable bonds is 6. The molecule has 0 aliphatic carbocycles. The Morgan fingerprint density at radius 3 is 2.57 bits per heavy atom. The summed E-state index contributed by atoms with van der Waals surface area (Å²) in [5.74, 6) is 0.664. The van der Waals surface area contributed by atoms with Crippen LogP contribution in [-0.2, 0) is 17.6 Å². The van der Waals surface area contributed by atoms with Crippen molar-refractivity contribution >= 4 is 11.7 Å². The van der Waals surface area contributed by atoms with E-state index in [0.717, 1.165) is 50.0 Å². The maximum atomic E-state index is 12.2. The first-order valence-electron chi connectivity index (χ1n) is 8.51. The van der Waals surface area contributed by atoms with Gasteiger partial charge in [-0.05, 0) is 37.7 Å². The Bertz CT molecular complexity index is 587. The third-order valence-corrected chi connectivity index (χ3v) is 4.30. The van der Waals surface area contributed by atoms with E-state index in [1.807, 2.05) is 18.7 Å². The van der Waals surface area contributed by atoms with E-state index in [2.05, 4.69) is 21.6 Å². The summed E-state index contributed by atoms with van der Waals surface area (Å²) in [6.45, 7) is 6.24. The minimum absolute atomic E-state index is 0.171. The summed E-state index contributed by atoms with van der Waals surface area (Å²) >= 11 is 0. The fourth-order valence-electron chi connectivity index (χ4n) is 3.01. The first-order valence-corrected chi connectivity index (χ1v) is 8.51. The number of piperidine rings is 1. The minimum atomic E-state index is 0.171. The van der Waals surface area contributed by atoms with Gasteiger partial charge in [-0.1, -0.05) is 13.8 Å². The van der Waals surface area contributed by atoms with Crippen molar-refractivity contribution < 1.29 is 4.79 Å². The number of aryl methyl sites for hydroxylation is 1. The average Bonchev–Trinajstić information content (AvgIpc) is 2.61. The summed E-state index contributed by atoms with van der Waals surface area (Å²) in [6.07, 6.45) is 5.35. The van der Waals surface area contributed by atoms with E-state index in [-0.39, 0.29) is 5.91 Å². The molecule has 23 heavy (non-hydrogen) atoms. The Morgan fingerprint density at radius 1 is 1.22 bits per heavy atom. The van der Waals surface area contributed by atoms with Crippen LogP contribution in [0.2, 0.25) is 0 Å². The molecule has 1 aromatic rings. The lowest BCUT2D eigenvalue weighted by molar-refractivity contribution is -0.131. The number of hydrogen-bond acceptors (Lipinski definition) is 5. The van der Waals surface area contributed by atoms with Gasteiger partial charge in [0.25, 0.3) is 0 Å². The van der Waals surface area contributed by atoms with Crippen molar-refractivity contribution in [1.29, 1.82) is 5.26 Å². The van der Waals surface area contributed by atoms with Gasteiger partial charge in [0.1, 0.15) is 11.6 Å². The first-order chi connectivity index (χ1) is 11.2. The zero-order chi connectivity index (χ0) is 16.7. The van der Waals surface area contributed by atoms with E-state index >= 15 is 0 Å². The van der Waals surface area contributed by atoms with Crippen LogP contribution in [0.25, 0.3) is 0 Å². The lowest BCUT2D eigenvalue weighted by Gasteiger charge is -2.26. The van der Waals surface area contributed by atoms with Gasteiger partial charge in [-0.3, -0.25) is 4.79 Å². The van der Waals surface area contributed by atoms with E-state index in [0.29, 0.717) is 24.3 Å². The van der Waals surface area contributed by atoms with Crippen molar-refractivity contribution in [3.63, 3.8) is 0 Å². The van der Waals surface area contributed by atoms with Crippen LogP contribution in [0.4, 0.5) is 5.82 Å². The molecule has 124 valence electrons. The normalized spacial score (nSPS) is 14.4. The van der Waals surface area contributed by atoms with Crippen molar-refractivity contribution in [2.45, 2.75) is 52.4 Å². The standard InChI is InChI=1S/C17H25N5O/c1-3-13-14(12-18)17(21-20-15(13)4-2)19-9-8-16(23)22-10-6-5-7-11-22/h3-11H2,1-2H3,(H,19,21). The fourth-order valence-corrected chi connectivity index (χ4v) is 3.01. The van der Waals surface area contributed by atoms with Gasteiger partial charge in [0.15, 0.2) is 5.82 Å². The molecule has 1 fully saturated rings. The molecule has 0 saturated carbocycles. The number of hydrogen-bond donors (Lipinski definition) is 1. The van der Waals surface area contributed by atoms with E-state index in [9.17, 15) is 10.1 Å². The second kappa shape index (κ2) is 8.47. The van der Waals surface area contributed by atoms with Crippen LogP contribution in [-0.4, -0.2) is 40.6 Å². The zero-order valence-electron chi connectivity index (χ0n) is 14.1. The monoisotopic (exact) mass is 315 g/mol. The van der Waals surface area contributed by atoms with Crippen molar-refractivity contribution in [1.82, 2.24) is 15.1 Å². The number of nitrogens with zero attached hydrogens (tertiary/aromatic N) is 4. The summed E-state index contributed by atoms with van der Waals surface area (Å²) in [5.41, 5.74) is 2.39. The third-order valence-electron chi connectivity index (χ3n) is 4.30. The smallest absolute Gasteiger partial charge is 0.224 e. The average molecular weight is 315 g/mol. The van der Waals surface area contributed by atoms with E-state index in [1.54, 1.807) is 0 Å². The number of carbonyl (C=O) groups is 1. The predicted octanol–water partition coefficient (Wildman–Crippen LogP) is 2.29. The van der Waals surface area contributed by atoms with Crippen molar-refractivity contribution in [2.75, 3.05) is 25.0 Å². The molecule has 2 heterocycles. The van der Waals surface area contributed by atoms with E-state index < -0.39 is 0 Å². The van der Waals surface area contributed by atoms with Crippen LogP contribution in [0.5, 0.6) is 0 Å². The second-order valence-electron chi connectivity index (χ2n) is 5.79. The lowest BCUT2D eigenvalue weighted by Crippen LogP contribution is -2.36. The van der Waals surface area contributed by atoms with Crippen LogP contribution in [0.3, 0.4) is 0 Å². The number of nitrogens with one attached hydrogen (secondary N) is 1. The molecule has 6 heteroatoms. The van der Waals surface area contributed by atoms with Gasteiger partial charge >= 0.3 is 0 Å². The maximum Gasteiger partial charge on any atom is 0.224 e. The Kier molecular flexibility index (Phi) is 6.33. The number of aromatic nitrogens is 2. The maximum absolute atomic E-state index is 12.2. The molecule has 1 aliphatic heterocycles. The molecule has 0 aromatic carbocycles. The van der Waals surface area contributed by atoms with Gasteiger partial charge in [-0.15, -0.1) is 5.10 Å². The van der Waals surface area contributed by atoms with Crippen LogP contribution >= 0.6 is 0 Å². The highest BCUT2D eigenvalue weighted by Gasteiger charge is 2.17. The highest BCUT2D eigenvalue weighted by molar-refractivity contribution is 5.76. The van der Waals surface area contributed by atoms with Crippen LogP contribution in [0.1, 0.15) is 56.4 Å². The quantitative estimate of drug-likeness (QED) is 0.871. The number of carbonyl (C=O) groups excluding carboxylic acids is 1. The number of anilines is 1. The Labute approximate surface area is 137 Å². The third kappa shape index (κ3) is 4.19. The molecule has 6 nitrogen and oxygen atoms in total. The van der Waals surface area contributed by atoms with Gasteiger partial charge in [0.05, 0.1) is 5.69 Å². The summed E-state index contributed by atoms with van der Waals surface area (Å²) in [4.78, 5) is 14.1.